The highest BCUT2D eigenvalue weighted by Gasteiger charge is 2.32. The number of aromatic nitrogens is 1. The van der Waals surface area contributed by atoms with E-state index in [0.29, 0.717) is 12.0 Å². The second-order valence-electron chi connectivity index (χ2n) is 6.22. The number of nitrogens with zero attached hydrogens (tertiary/aromatic N) is 3. The van der Waals surface area contributed by atoms with E-state index in [0.717, 1.165) is 16.3 Å². The predicted octanol–water partition coefficient (Wildman–Crippen LogP) is 1.04. The van der Waals surface area contributed by atoms with Crippen molar-refractivity contribution in [2.75, 3.05) is 26.7 Å². The molecule has 3 amide bonds. The molecule has 8 nitrogen and oxygen atoms in total. The fraction of sp³-hybridized carbons (Fsp3) is 0.529. The highest BCUT2D eigenvalue weighted by Crippen LogP contribution is 2.14. The van der Waals surface area contributed by atoms with E-state index in [2.05, 4.69) is 0 Å². The number of ketones is 1. The average Bonchev–Trinajstić information content (AvgIpc) is 2.96. The minimum absolute atomic E-state index is 0.0425. The molecule has 0 saturated carbocycles. The molecule has 8 heteroatoms. The van der Waals surface area contributed by atoms with E-state index in [1.54, 1.807) is 13.1 Å². The van der Waals surface area contributed by atoms with Gasteiger partial charge in [0.25, 0.3) is 0 Å². The van der Waals surface area contributed by atoms with E-state index in [1.165, 1.54) is 4.90 Å². The molecule has 0 radical (unpaired) electrons. The van der Waals surface area contributed by atoms with Crippen LogP contribution in [0.2, 0.25) is 0 Å². The van der Waals surface area contributed by atoms with Crippen LogP contribution in [0.15, 0.2) is 6.07 Å². The highest BCUT2D eigenvalue weighted by molar-refractivity contribution is 6.02. The molecule has 0 aliphatic carbocycles. The minimum Gasteiger partial charge on any atom is -0.457 e. The van der Waals surface area contributed by atoms with Gasteiger partial charge in [0.2, 0.25) is 11.7 Å². The van der Waals surface area contributed by atoms with Crippen molar-refractivity contribution in [1.29, 1.82) is 0 Å². The molecule has 1 aliphatic heterocycles. The smallest absolute Gasteiger partial charge is 0.326 e. The van der Waals surface area contributed by atoms with Crippen molar-refractivity contribution >= 4 is 23.7 Å². The zero-order chi connectivity index (χ0) is 18.7. The van der Waals surface area contributed by atoms with Crippen molar-refractivity contribution in [3.8, 4) is 0 Å². The fourth-order valence-electron chi connectivity index (χ4n) is 2.70. The van der Waals surface area contributed by atoms with Gasteiger partial charge in [0.1, 0.15) is 6.54 Å². The molecule has 25 heavy (non-hydrogen) atoms. The van der Waals surface area contributed by atoms with Gasteiger partial charge in [0.05, 0.1) is 0 Å². The van der Waals surface area contributed by atoms with Crippen LogP contribution < -0.4 is 0 Å². The van der Waals surface area contributed by atoms with Gasteiger partial charge in [-0.15, -0.1) is 0 Å². The van der Waals surface area contributed by atoms with Crippen LogP contribution in [-0.4, -0.2) is 64.8 Å². The molecule has 0 unspecified atom stereocenters. The minimum atomic E-state index is -0.522. The molecule has 0 atom stereocenters. The van der Waals surface area contributed by atoms with E-state index >= 15 is 0 Å². The fourth-order valence-corrected chi connectivity index (χ4v) is 2.70. The zero-order valence-corrected chi connectivity index (χ0v) is 15.0. The van der Waals surface area contributed by atoms with Crippen LogP contribution in [0.1, 0.15) is 34.6 Å². The summed E-state index contributed by atoms with van der Waals surface area (Å²) in [5, 5.41) is 0. The Morgan fingerprint density at radius 1 is 1.20 bits per heavy atom. The number of Topliss-reactive ketones (excluding diaryl/α,β-unsaturated/α-hetero) is 1. The second-order valence-corrected chi connectivity index (χ2v) is 6.22. The summed E-state index contributed by atoms with van der Waals surface area (Å²) in [5.74, 6) is -1.04. The summed E-state index contributed by atoms with van der Waals surface area (Å²) in [7, 11) is 3.42. The summed E-state index contributed by atoms with van der Waals surface area (Å²) < 4.78 is 6.90. The predicted molar refractivity (Wildman–Crippen MR) is 89.1 cm³/mol. The van der Waals surface area contributed by atoms with Crippen molar-refractivity contribution < 1.29 is 23.9 Å². The van der Waals surface area contributed by atoms with Gasteiger partial charge < -0.3 is 14.2 Å². The number of ether oxygens (including phenoxy) is 1. The molecule has 0 spiro atoms. The lowest BCUT2D eigenvalue weighted by Crippen LogP contribution is -2.32. The maximum Gasteiger partial charge on any atom is 0.326 e. The Labute approximate surface area is 146 Å². The Balaban J connectivity index is 1.75. The first-order chi connectivity index (χ1) is 11.7. The van der Waals surface area contributed by atoms with Gasteiger partial charge in [0.15, 0.2) is 6.61 Å². The third kappa shape index (κ3) is 4.07. The lowest BCUT2D eigenvalue weighted by Gasteiger charge is -2.13. The largest absolute Gasteiger partial charge is 0.457 e. The van der Waals surface area contributed by atoms with Crippen LogP contribution >= 0.6 is 0 Å². The Morgan fingerprint density at radius 3 is 2.40 bits per heavy atom. The Kier molecular flexibility index (Phi) is 5.61. The normalized spacial score (nSPS) is 14.4. The molecule has 2 heterocycles. The first kappa shape index (κ1) is 18.7. The number of carbonyl (C=O) groups excluding carboxylic acids is 4. The van der Waals surface area contributed by atoms with Gasteiger partial charge in [0, 0.05) is 44.0 Å². The first-order valence-electron chi connectivity index (χ1n) is 8.09. The van der Waals surface area contributed by atoms with E-state index < -0.39 is 5.97 Å². The molecule has 0 bridgehead atoms. The SMILES string of the molecule is Cc1cc(C(=O)COC(=O)CCCN2C(=O)CN(C)C2=O)c(C)n1C. The number of urea groups is 1. The Morgan fingerprint density at radius 2 is 1.88 bits per heavy atom. The Hall–Kier alpha value is -2.64. The summed E-state index contributed by atoms with van der Waals surface area (Å²) in [6, 6.07) is 1.41. The third-order valence-corrected chi connectivity index (χ3v) is 4.43. The summed E-state index contributed by atoms with van der Waals surface area (Å²) in [5.41, 5.74) is 2.33. The number of carbonyl (C=O) groups is 4. The summed E-state index contributed by atoms with van der Waals surface area (Å²) >= 11 is 0. The number of imide groups is 1. The molecule has 0 aromatic carbocycles. The summed E-state index contributed by atoms with van der Waals surface area (Å²) in [6.45, 7) is 3.65. The number of rotatable bonds is 7. The summed E-state index contributed by atoms with van der Waals surface area (Å²) in [4.78, 5) is 49.6. The van der Waals surface area contributed by atoms with Gasteiger partial charge in [-0.3, -0.25) is 19.3 Å². The van der Waals surface area contributed by atoms with Gasteiger partial charge in [-0.2, -0.15) is 0 Å². The first-order valence-corrected chi connectivity index (χ1v) is 8.09. The topological polar surface area (TPSA) is 88.9 Å². The van der Waals surface area contributed by atoms with Gasteiger partial charge in [-0.1, -0.05) is 0 Å². The lowest BCUT2D eigenvalue weighted by molar-refractivity contribution is -0.142. The van der Waals surface area contributed by atoms with E-state index in [4.69, 9.17) is 4.74 Å². The molecule has 1 aliphatic rings. The third-order valence-electron chi connectivity index (χ3n) is 4.43. The molecule has 1 fully saturated rings. The zero-order valence-electron chi connectivity index (χ0n) is 15.0. The molecule has 1 aromatic heterocycles. The maximum atomic E-state index is 12.1. The van der Waals surface area contributed by atoms with Crippen LogP contribution in [0.5, 0.6) is 0 Å². The molecule has 1 aromatic rings. The van der Waals surface area contributed by atoms with E-state index in [9.17, 15) is 19.2 Å². The number of esters is 1. The average molecular weight is 349 g/mol. The molecule has 136 valence electrons. The van der Waals surface area contributed by atoms with Gasteiger partial charge in [-0.05, 0) is 26.3 Å². The van der Waals surface area contributed by atoms with Gasteiger partial charge in [-0.25, -0.2) is 4.79 Å². The summed E-state index contributed by atoms with van der Waals surface area (Å²) in [6.07, 6.45) is 0.350. The maximum absolute atomic E-state index is 12.1. The Bertz CT molecular complexity index is 722. The molecule has 0 N–H and O–H groups in total. The molecule has 2 rings (SSSR count). The highest BCUT2D eigenvalue weighted by atomic mass is 16.5. The van der Waals surface area contributed by atoms with Crippen molar-refractivity contribution in [1.82, 2.24) is 14.4 Å². The number of amides is 3. The van der Waals surface area contributed by atoms with Crippen molar-refractivity contribution in [2.45, 2.75) is 26.7 Å². The number of aryl methyl sites for hydroxylation is 1. The number of likely N-dealkylation sites (N-methyl/N-ethyl adjacent to an activating group) is 1. The van der Waals surface area contributed by atoms with E-state index in [1.807, 2.05) is 25.5 Å². The van der Waals surface area contributed by atoms with Crippen LogP contribution in [0, 0.1) is 13.8 Å². The number of hydrogen-bond acceptors (Lipinski definition) is 5. The quantitative estimate of drug-likeness (QED) is 0.417. The van der Waals surface area contributed by atoms with E-state index in [-0.39, 0.29) is 43.8 Å². The van der Waals surface area contributed by atoms with Crippen molar-refractivity contribution in [2.24, 2.45) is 7.05 Å². The van der Waals surface area contributed by atoms with Crippen LogP contribution in [0.3, 0.4) is 0 Å². The van der Waals surface area contributed by atoms with Crippen LogP contribution in [0.4, 0.5) is 4.79 Å². The standard InChI is InChI=1S/C17H23N3O5/c1-11-8-13(12(2)19(11)4)14(21)10-25-16(23)6-5-7-20-15(22)9-18(3)17(20)24/h8H,5-7,9-10H2,1-4H3. The molecular weight excluding hydrogens is 326 g/mol. The second kappa shape index (κ2) is 7.50. The molecular formula is C17H23N3O5. The van der Waals surface area contributed by atoms with Crippen LogP contribution in [-0.2, 0) is 21.4 Å². The monoisotopic (exact) mass is 349 g/mol. The molecule has 1 saturated heterocycles. The van der Waals surface area contributed by atoms with Crippen LogP contribution in [0.25, 0.3) is 0 Å². The lowest BCUT2D eigenvalue weighted by atomic mass is 10.1. The number of hydrogen-bond donors (Lipinski definition) is 0. The van der Waals surface area contributed by atoms with Crippen molar-refractivity contribution in [3.63, 3.8) is 0 Å². The van der Waals surface area contributed by atoms with Gasteiger partial charge >= 0.3 is 12.0 Å². The van der Waals surface area contributed by atoms with Crippen molar-refractivity contribution in [3.05, 3.63) is 23.0 Å².